The average Bonchev–Trinajstić information content (AvgIpc) is 2.80. The van der Waals surface area contributed by atoms with Crippen molar-refractivity contribution in [1.82, 2.24) is 19.8 Å². The van der Waals surface area contributed by atoms with Crippen molar-refractivity contribution in [2.45, 2.75) is 16.8 Å². The fraction of sp³-hybridized carbons (Fsp3) is 0.0833. The van der Waals surface area contributed by atoms with Gasteiger partial charge < -0.3 is 0 Å². The Morgan fingerprint density at radius 1 is 1.10 bits per heavy atom. The predicted molar refractivity (Wildman–Crippen MR) is 70.2 cm³/mol. The molecule has 0 amide bonds. The van der Waals surface area contributed by atoms with Gasteiger partial charge in [-0.25, -0.2) is 18.3 Å². The molecular formula is C12H10N4O3S. The molecular weight excluding hydrogens is 280 g/mol. The Morgan fingerprint density at radius 3 is 2.50 bits per heavy atom. The molecule has 3 rings (SSSR count). The van der Waals surface area contributed by atoms with Gasteiger partial charge in [-0.3, -0.25) is 0 Å². The van der Waals surface area contributed by atoms with Crippen LogP contribution in [-0.2, 0) is 9.84 Å². The molecule has 0 unspecified atom stereocenters. The van der Waals surface area contributed by atoms with Crippen LogP contribution >= 0.6 is 0 Å². The number of rotatable bonds is 2. The minimum Gasteiger partial charge on any atom is -0.244 e. The highest BCUT2D eigenvalue weighted by Crippen LogP contribution is 2.19. The standard InChI is InChI=1S/C12H10N4O3S/c1-8-2-4-9(5-3-8)20(18,19)11-7-6-10-13-14-12(17)16(10)15-11/h2-7H,1H3,(H,14,17). The fourth-order valence-electron chi connectivity index (χ4n) is 1.77. The molecule has 2 aromatic heterocycles. The summed E-state index contributed by atoms with van der Waals surface area (Å²) in [6, 6.07) is 9.17. The van der Waals surface area contributed by atoms with Crippen LogP contribution in [0.4, 0.5) is 0 Å². The number of hydrogen-bond acceptors (Lipinski definition) is 5. The molecule has 0 aliphatic carbocycles. The molecule has 0 saturated carbocycles. The summed E-state index contributed by atoms with van der Waals surface area (Å²) in [6.07, 6.45) is 0. The summed E-state index contributed by atoms with van der Waals surface area (Å²) in [5.41, 5.74) is 0.636. The number of benzene rings is 1. The SMILES string of the molecule is Cc1ccc(S(=O)(=O)c2ccc3n[nH]c(=O)n3n2)cc1. The van der Waals surface area contributed by atoms with Gasteiger partial charge in [0.25, 0.3) is 0 Å². The van der Waals surface area contributed by atoms with Gasteiger partial charge in [0, 0.05) is 0 Å². The molecule has 0 saturated heterocycles. The van der Waals surface area contributed by atoms with Gasteiger partial charge >= 0.3 is 5.69 Å². The van der Waals surface area contributed by atoms with Crippen molar-refractivity contribution in [2.75, 3.05) is 0 Å². The zero-order valence-corrected chi connectivity index (χ0v) is 11.3. The number of aromatic nitrogens is 4. The topological polar surface area (TPSA) is 97.2 Å². The number of aryl methyl sites for hydroxylation is 1. The van der Waals surface area contributed by atoms with Gasteiger partial charge in [-0.2, -0.15) is 9.61 Å². The van der Waals surface area contributed by atoms with E-state index in [2.05, 4.69) is 15.3 Å². The van der Waals surface area contributed by atoms with Gasteiger partial charge in [-0.15, -0.1) is 5.10 Å². The second-order valence-electron chi connectivity index (χ2n) is 4.29. The zero-order chi connectivity index (χ0) is 14.3. The van der Waals surface area contributed by atoms with Gasteiger partial charge in [-0.05, 0) is 31.2 Å². The third kappa shape index (κ3) is 1.90. The van der Waals surface area contributed by atoms with Crippen LogP contribution in [0.1, 0.15) is 5.56 Å². The van der Waals surface area contributed by atoms with E-state index in [9.17, 15) is 13.2 Å². The number of H-pyrrole nitrogens is 1. The Balaban J connectivity index is 2.20. The number of nitrogens with one attached hydrogen (secondary N) is 1. The summed E-state index contributed by atoms with van der Waals surface area (Å²) in [5, 5.41) is 9.53. The Morgan fingerprint density at radius 2 is 1.80 bits per heavy atom. The van der Waals surface area contributed by atoms with Gasteiger partial charge in [0.1, 0.15) is 0 Å². The summed E-state index contributed by atoms with van der Waals surface area (Å²) in [4.78, 5) is 11.6. The van der Waals surface area contributed by atoms with E-state index < -0.39 is 15.5 Å². The normalized spacial score (nSPS) is 11.8. The van der Waals surface area contributed by atoms with Crippen LogP contribution in [0.25, 0.3) is 5.65 Å². The summed E-state index contributed by atoms with van der Waals surface area (Å²) in [6.45, 7) is 1.87. The number of aromatic amines is 1. The molecule has 3 aromatic rings. The first kappa shape index (κ1) is 12.5. The predicted octanol–water partition coefficient (Wildman–Crippen LogP) is 0.559. The maximum Gasteiger partial charge on any atom is 0.364 e. The Hall–Kier alpha value is -2.48. The van der Waals surface area contributed by atoms with E-state index in [4.69, 9.17) is 0 Å². The third-order valence-corrected chi connectivity index (χ3v) is 4.52. The van der Waals surface area contributed by atoms with Gasteiger partial charge in [0.15, 0.2) is 10.7 Å². The quantitative estimate of drug-likeness (QED) is 0.743. The molecule has 1 aromatic carbocycles. The van der Waals surface area contributed by atoms with E-state index in [1.165, 1.54) is 24.3 Å². The van der Waals surface area contributed by atoms with Crippen LogP contribution < -0.4 is 5.69 Å². The van der Waals surface area contributed by atoms with Crippen LogP contribution in [0, 0.1) is 6.92 Å². The number of sulfone groups is 1. The lowest BCUT2D eigenvalue weighted by Gasteiger charge is -2.04. The fourth-order valence-corrected chi connectivity index (χ4v) is 2.94. The maximum absolute atomic E-state index is 12.4. The average molecular weight is 290 g/mol. The lowest BCUT2D eigenvalue weighted by atomic mass is 10.2. The third-order valence-electron chi connectivity index (χ3n) is 2.86. The van der Waals surface area contributed by atoms with E-state index in [-0.39, 0.29) is 15.6 Å². The van der Waals surface area contributed by atoms with E-state index in [0.29, 0.717) is 0 Å². The Bertz CT molecular complexity index is 939. The first-order valence-corrected chi connectivity index (χ1v) is 7.23. The second-order valence-corrected chi connectivity index (χ2v) is 6.18. The van der Waals surface area contributed by atoms with Crippen molar-refractivity contribution < 1.29 is 8.42 Å². The van der Waals surface area contributed by atoms with Crippen LogP contribution in [0.5, 0.6) is 0 Å². The Kier molecular flexibility index (Phi) is 2.68. The smallest absolute Gasteiger partial charge is 0.244 e. The van der Waals surface area contributed by atoms with E-state index in [1.807, 2.05) is 6.92 Å². The van der Waals surface area contributed by atoms with Crippen LogP contribution in [0.15, 0.2) is 51.1 Å². The lowest BCUT2D eigenvalue weighted by Crippen LogP contribution is -2.15. The molecule has 1 N–H and O–H groups in total. The van der Waals surface area contributed by atoms with Crippen molar-refractivity contribution in [3.05, 3.63) is 52.4 Å². The molecule has 102 valence electrons. The summed E-state index contributed by atoms with van der Waals surface area (Å²) in [5.74, 6) is 0. The first-order valence-electron chi connectivity index (χ1n) is 5.75. The molecule has 2 heterocycles. The molecule has 7 nitrogen and oxygen atoms in total. The van der Waals surface area contributed by atoms with Crippen LogP contribution in [0.3, 0.4) is 0 Å². The summed E-state index contributed by atoms with van der Waals surface area (Å²) >= 11 is 0. The zero-order valence-electron chi connectivity index (χ0n) is 10.4. The number of nitrogens with zero attached hydrogens (tertiary/aromatic N) is 3. The van der Waals surface area contributed by atoms with Gasteiger partial charge in [-0.1, -0.05) is 17.7 Å². The molecule has 20 heavy (non-hydrogen) atoms. The maximum atomic E-state index is 12.4. The lowest BCUT2D eigenvalue weighted by molar-refractivity contribution is 0.588. The monoisotopic (exact) mass is 290 g/mol. The minimum atomic E-state index is -3.75. The summed E-state index contributed by atoms with van der Waals surface area (Å²) < 4.78 is 25.7. The van der Waals surface area contributed by atoms with E-state index in [0.717, 1.165) is 10.1 Å². The van der Waals surface area contributed by atoms with E-state index in [1.54, 1.807) is 12.1 Å². The molecule has 0 bridgehead atoms. The number of fused-ring (bicyclic) bond motifs is 1. The van der Waals surface area contributed by atoms with Crippen molar-refractivity contribution in [1.29, 1.82) is 0 Å². The largest absolute Gasteiger partial charge is 0.364 e. The van der Waals surface area contributed by atoms with Crippen LogP contribution in [0.2, 0.25) is 0 Å². The molecule has 0 aliphatic heterocycles. The van der Waals surface area contributed by atoms with Crippen molar-refractivity contribution in [3.8, 4) is 0 Å². The number of hydrogen-bond donors (Lipinski definition) is 1. The molecule has 0 fully saturated rings. The first-order chi connectivity index (χ1) is 9.48. The molecule has 0 aliphatic rings. The molecule has 0 spiro atoms. The molecule has 0 atom stereocenters. The minimum absolute atomic E-state index is 0.131. The van der Waals surface area contributed by atoms with Crippen molar-refractivity contribution in [2.24, 2.45) is 0 Å². The highest BCUT2D eigenvalue weighted by Gasteiger charge is 2.20. The van der Waals surface area contributed by atoms with Crippen LogP contribution in [-0.4, -0.2) is 28.2 Å². The summed E-state index contributed by atoms with van der Waals surface area (Å²) in [7, 11) is -3.75. The van der Waals surface area contributed by atoms with Gasteiger partial charge in [0.05, 0.1) is 4.90 Å². The molecule has 8 heteroatoms. The second kappa shape index (κ2) is 4.27. The van der Waals surface area contributed by atoms with E-state index >= 15 is 0 Å². The highest BCUT2D eigenvalue weighted by atomic mass is 32.2. The van der Waals surface area contributed by atoms with Gasteiger partial charge in [0.2, 0.25) is 9.84 Å². The molecule has 0 radical (unpaired) electrons. The Labute approximate surface area is 113 Å². The van der Waals surface area contributed by atoms with Crippen molar-refractivity contribution >= 4 is 15.5 Å². The highest BCUT2D eigenvalue weighted by molar-refractivity contribution is 7.91. The van der Waals surface area contributed by atoms with Crippen molar-refractivity contribution in [3.63, 3.8) is 0 Å².